The van der Waals surface area contributed by atoms with Crippen molar-refractivity contribution < 1.29 is 23.2 Å². The first-order chi connectivity index (χ1) is 13.1. The van der Waals surface area contributed by atoms with Crippen molar-refractivity contribution in [3.8, 4) is 0 Å². The van der Waals surface area contributed by atoms with Gasteiger partial charge in [0.25, 0.3) is 5.60 Å². The van der Waals surface area contributed by atoms with Crippen molar-refractivity contribution in [2.24, 2.45) is 10.3 Å². The van der Waals surface area contributed by atoms with Crippen LogP contribution in [0.1, 0.15) is 35.6 Å². The first kappa shape index (κ1) is 20.5. The Morgan fingerprint density at radius 3 is 2.36 bits per heavy atom. The molecular formula is C19H15Cl2F3N2O2. The molecular weight excluding hydrogens is 416 g/mol. The van der Waals surface area contributed by atoms with Gasteiger partial charge in [0.15, 0.2) is 0 Å². The average molecular weight is 431 g/mol. The van der Waals surface area contributed by atoms with Gasteiger partial charge < -0.3 is 10.0 Å². The average Bonchev–Trinajstić information content (AvgIpc) is 3.07. The normalized spacial score (nSPS) is 20.1. The molecule has 1 atom stereocenters. The molecule has 1 aliphatic rings. The Labute approximate surface area is 169 Å². The molecule has 1 N–H and O–H groups in total. The van der Waals surface area contributed by atoms with Gasteiger partial charge in [0.05, 0.1) is 11.4 Å². The number of hydrogen-bond donors (Lipinski definition) is 1. The van der Waals surface area contributed by atoms with Gasteiger partial charge in [-0.25, -0.2) is 0 Å². The van der Waals surface area contributed by atoms with Crippen LogP contribution in [0.5, 0.6) is 0 Å². The van der Waals surface area contributed by atoms with Crippen LogP contribution < -0.4 is 0 Å². The van der Waals surface area contributed by atoms with Crippen molar-refractivity contribution in [1.82, 2.24) is 0 Å². The van der Waals surface area contributed by atoms with Crippen LogP contribution in [0.15, 0.2) is 46.7 Å². The minimum atomic E-state index is -4.75. The van der Waals surface area contributed by atoms with Crippen molar-refractivity contribution in [3.05, 3.63) is 68.7 Å². The summed E-state index contributed by atoms with van der Waals surface area (Å²) in [5.74, 6) is 0. The number of alkyl halides is 3. The van der Waals surface area contributed by atoms with Gasteiger partial charge in [-0.3, -0.25) is 0 Å². The number of hydrogen-bond acceptors (Lipinski definition) is 4. The minimum Gasteiger partial charge on any atom is -0.411 e. The summed E-state index contributed by atoms with van der Waals surface area (Å²) in [5.41, 5.74) is -0.473. The lowest BCUT2D eigenvalue weighted by atomic mass is 9.86. The van der Waals surface area contributed by atoms with Gasteiger partial charge in [0.1, 0.15) is 0 Å². The van der Waals surface area contributed by atoms with Crippen molar-refractivity contribution >= 4 is 34.6 Å². The van der Waals surface area contributed by atoms with E-state index in [2.05, 4.69) is 10.3 Å². The Kier molecular flexibility index (Phi) is 5.34. The zero-order chi connectivity index (χ0) is 20.7. The third kappa shape index (κ3) is 3.56. The van der Waals surface area contributed by atoms with Gasteiger partial charge in [0.2, 0.25) is 0 Å². The summed E-state index contributed by atoms with van der Waals surface area (Å²) in [6, 6.07) is 8.64. The van der Waals surface area contributed by atoms with Gasteiger partial charge in [-0.1, -0.05) is 45.6 Å². The smallest absolute Gasteiger partial charge is 0.411 e. The Morgan fingerprint density at radius 2 is 1.82 bits per heavy atom. The third-order valence-electron chi connectivity index (χ3n) is 4.61. The molecule has 1 aliphatic heterocycles. The van der Waals surface area contributed by atoms with E-state index in [0.717, 1.165) is 5.56 Å². The van der Waals surface area contributed by atoms with E-state index in [1.165, 1.54) is 18.2 Å². The zero-order valence-corrected chi connectivity index (χ0v) is 16.3. The molecule has 9 heteroatoms. The number of rotatable bonds is 3. The van der Waals surface area contributed by atoms with Crippen LogP contribution in [0.25, 0.3) is 0 Å². The van der Waals surface area contributed by atoms with Gasteiger partial charge in [-0.15, -0.1) is 0 Å². The fourth-order valence-electron chi connectivity index (χ4n) is 3.15. The molecule has 0 saturated heterocycles. The van der Waals surface area contributed by atoms with Crippen molar-refractivity contribution in [1.29, 1.82) is 0 Å². The SMILES string of the molecule is C/C(=N\O)c1ccc(C2=NOC(c3cc(Cl)cc(Cl)c3)(C(F)(F)F)C2)cc1C. The lowest BCUT2D eigenvalue weighted by Gasteiger charge is -2.29. The summed E-state index contributed by atoms with van der Waals surface area (Å²) < 4.78 is 42.1. The molecule has 0 bridgehead atoms. The fraction of sp³-hybridized carbons (Fsp3) is 0.263. The number of benzene rings is 2. The molecule has 0 aliphatic carbocycles. The van der Waals surface area contributed by atoms with E-state index in [0.29, 0.717) is 16.8 Å². The summed E-state index contributed by atoms with van der Waals surface area (Å²) in [7, 11) is 0. The van der Waals surface area contributed by atoms with Crippen molar-refractivity contribution in [3.63, 3.8) is 0 Å². The van der Waals surface area contributed by atoms with E-state index in [-0.39, 0.29) is 21.3 Å². The molecule has 0 fully saturated rings. The van der Waals surface area contributed by atoms with Crippen LogP contribution in [-0.2, 0) is 10.4 Å². The molecule has 2 aromatic rings. The molecule has 28 heavy (non-hydrogen) atoms. The molecule has 3 rings (SSSR count). The largest absolute Gasteiger partial charge is 0.435 e. The predicted molar refractivity (Wildman–Crippen MR) is 102 cm³/mol. The highest BCUT2D eigenvalue weighted by molar-refractivity contribution is 6.34. The molecule has 0 spiro atoms. The quantitative estimate of drug-likeness (QED) is 0.364. The minimum absolute atomic E-state index is 0.0714. The first-order valence-electron chi connectivity index (χ1n) is 8.16. The van der Waals surface area contributed by atoms with Crippen LogP contribution >= 0.6 is 23.2 Å². The summed E-state index contributed by atoms with van der Waals surface area (Å²) >= 11 is 11.8. The van der Waals surface area contributed by atoms with Crippen LogP contribution in [0.2, 0.25) is 10.0 Å². The fourth-order valence-corrected chi connectivity index (χ4v) is 3.67. The van der Waals surface area contributed by atoms with Crippen LogP contribution in [0.3, 0.4) is 0 Å². The third-order valence-corrected chi connectivity index (χ3v) is 5.05. The van der Waals surface area contributed by atoms with Crippen molar-refractivity contribution in [2.45, 2.75) is 32.0 Å². The molecule has 0 amide bonds. The monoisotopic (exact) mass is 430 g/mol. The second-order valence-electron chi connectivity index (χ2n) is 6.50. The van der Waals surface area contributed by atoms with E-state index in [1.54, 1.807) is 32.0 Å². The van der Waals surface area contributed by atoms with E-state index >= 15 is 0 Å². The highest BCUT2D eigenvalue weighted by atomic mass is 35.5. The van der Waals surface area contributed by atoms with Crippen molar-refractivity contribution in [2.75, 3.05) is 0 Å². The molecule has 0 saturated carbocycles. The first-order valence-corrected chi connectivity index (χ1v) is 8.91. The predicted octanol–water partition coefficient (Wildman–Crippen LogP) is 6.08. The molecule has 148 valence electrons. The van der Waals surface area contributed by atoms with Crippen LogP contribution in [-0.4, -0.2) is 22.8 Å². The maximum atomic E-state index is 14.0. The van der Waals surface area contributed by atoms with E-state index in [1.807, 2.05) is 0 Å². The molecule has 1 unspecified atom stereocenters. The van der Waals surface area contributed by atoms with E-state index < -0.39 is 18.2 Å². The summed E-state index contributed by atoms with van der Waals surface area (Å²) in [6.45, 7) is 3.38. The molecule has 0 radical (unpaired) electrons. The Hall–Kier alpha value is -2.25. The van der Waals surface area contributed by atoms with Gasteiger partial charge in [-0.2, -0.15) is 13.2 Å². The van der Waals surface area contributed by atoms with Crippen LogP contribution in [0.4, 0.5) is 13.2 Å². The number of aryl methyl sites for hydroxylation is 1. The van der Waals surface area contributed by atoms with E-state index in [9.17, 15) is 13.2 Å². The molecule has 2 aromatic carbocycles. The number of nitrogens with zero attached hydrogens (tertiary/aromatic N) is 2. The highest BCUT2D eigenvalue weighted by Gasteiger charge is 2.62. The lowest BCUT2D eigenvalue weighted by Crippen LogP contribution is -2.42. The Morgan fingerprint density at radius 1 is 1.18 bits per heavy atom. The van der Waals surface area contributed by atoms with E-state index in [4.69, 9.17) is 33.2 Å². The summed E-state index contributed by atoms with van der Waals surface area (Å²) in [4.78, 5) is 4.99. The summed E-state index contributed by atoms with van der Waals surface area (Å²) in [5, 5.41) is 15.9. The maximum Gasteiger partial charge on any atom is 0.435 e. The molecule has 4 nitrogen and oxygen atoms in total. The number of oxime groups is 2. The zero-order valence-electron chi connectivity index (χ0n) is 14.8. The van der Waals surface area contributed by atoms with Gasteiger partial charge >= 0.3 is 6.18 Å². The van der Waals surface area contributed by atoms with Gasteiger partial charge in [0, 0.05) is 27.6 Å². The molecule has 1 heterocycles. The number of halogens is 5. The molecule has 0 aromatic heterocycles. The Balaban J connectivity index is 2.01. The second kappa shape index (κ2) is 7.29. The highest BCUT2D eigenvalue weighted by Crippen LogP contribution is 2.49. The van der Waals surface area contributed by atoms with Gasteiger partial charge in [-0.05, 0) is 49.2 Å². The topological polar surface area (TPSA) is 54.2 Å². The summed E-state index contributed by atoms with van der Waals surface area (Å²) in [6.07, 6.45) is -5.28. The van der Waals surface area contributed by atoms with Crippen LogP contribution in [0, 0.1) is 6.92 Å². The lowest BCUT2D eigenvalue weighted by molar-refractivity contribution is -0.275. The second-order valence-corrected chi connectivity index (χ2v) is 7.38. The maximum absolute atomic E-state index is 14.0. The Bertz CT molecular complexity index is 969. The standard InChI is InChI=1S/C19H15Cl2F3N2O2/c1-10-5-12(3-4-16(10)11(2)25-27)17-9-18(28-26-17,19(22,23)24)13-6-14(20)8-15(21)7-13/h3-8,27H,9H2,1-2H3/b25-11+.